The van der Waals surface area contributed by atoms with Gasteiger partial charge in [0.2, 0.25) is 0 Å². The second kappa shape index (κ2) is 6.29. The van der Waals surface area contributed by atoms with E-state index >= 15 is 0 Å². The molecule has 0 aliphatic heterocycles. The van der Waals surface area contributed by atoms with E-state index in [9.17, 15) is 4.79 Å². The smallest absolute Gasteiger partial charge is 0.164 e. The third kappa shape index (κ3) is 3.16. The van der Waals surface area contributed by atoms with Crippen molar-refractivity contribution in [3.8, 4) is 0 Å². The quantitative estimate of drug-likeness (QED) is 0.554. The molecule has 0 atom stereocenters. The van der Waals surface area contributed by atoms with Gasteiger partial charge in [-0.1, -0.05) is 44.4 Å². The number of aromatic nitrogens is 1. The van der Waals surface area contributed by atoms with E-state index in [0.29, 0.717) is 6.42 Å². The number of Topliss-reactive ketones (excluding diaryl/α,β-unsaturated/α-hetero) is 1. The van der Waals surface area contributed by atoms with Gasteiger partial charge in [-0.2, -0.15) is 0 Å². The first kappa shape index (κ1) is 12.7. The Morgan fingerprint density at radius 2 is 2.00 bits per heavy atom. The molecule has 1 heterocycles. The number of unbranched alkanes of at least 4 members (excludes halogenated alkanes) is 3. The Labute approximate surface area is 108 Å². The van der Waals surface area contributed by atoms with E-state index in [1.54, 1.807) is 6.20 Å². The number of hydrogen-bond acceptors (Lipinski definition) is 2. The van der Waals surface area contributed by atoms with Gasteiger partial charge in [-0.3, -0.25) is 9.78 Å². The molecule has 0 spiro atoms. The fourth-order valence-corrected chi connectivity index (χ4v) is 2.08. The zero-order valence-electron chi connectivity index (χ0n) is 10.9. The third-order valence-corrected chi connectivity index (χ3v) is 3.17. The van der Waals surface area contributed by atoms with E-state index in [-0.39, 0.29) is 5.78 Å². The molecule has 0 aliphatic rings. The van der Waals surface area contributed by atoms with Gasteiger partial charge in [0.15, 0.2) is 5.78 Å². The Bertz CT molecular complexity index is 533. The Kier molecular flexibility index (Phi) is 4.46. The van der Waals surface area contributed by atoms with Crippen LogP contribution in [-0.2, 0) is 0 Å². The van der Waals surface area contributed by atoms with Crippen molar-refractivity contribution in [3.63, 3.8) is 0 Å². The lowest BCUT2D eigenvalue weighted by Gasteiger charge is -2.02. The number of ketones is 1. The van der Waals surface area contributed by atoms with Crippen LogP contribution in [0.3, 0.4) is 0 Å². The second-order valence-corrected chi connectivity index (χ2v) is 4.65. The van der Waals surface area contributed by atoms with Crippen LogP contribution in [0.25, 0.3) is 10.9 Å². The van der Waals surface area contributed by atoms with Crippen molar-refractivity contribution in [1.82, 2.24) is 4.98 Å². The summed E-state index contributed by atoms with van der Waals surface area (Å²) < 4.78 is 0. The molecule has 2 aromatic rings. The fraction of sp³-hybridized carbons (Fsp3) is 0.375. The average Bonchev–Trinajstić information content (AvgIpc) is 2.43. The number of para-hydroxylation sites is 1. The molecule has 2 heteroatoms. The minimum Gasteiger partial charge on any atom is -0.294 e. The molecule has 1 aromatic heterocycles. The van der Waals surface area contributed by atoms with Gasteiger partial charge in [-0.25, -0.2) is 0 Å². The van der Waals surface area contributed by atoms with Crippen molar-refractivity contribution in [2.45, 2.75) is 39.0 Å². The highest BCUT2D eigenvalue weighted by Crippen LogP contribution is 2.15. The van der Waals surface area contributed by atoms with Crippen molar-refractivity contribution in [3.05, 3.63) is 42.1 Å². The molecule has 1 aromatic carbocycles. The van der Waals surface area contributed by atoms with E-state index < -0.39 is 0 Å². The lowest BCUT2D eigenvalue weighted by molar-refractivity contribution is 0.0979. The van der Waals surface area contributed by atoms with Crippen molar-refractivity contribution in [2.75, 3.05) is 0 Å². The van der Waals surface area contributed by atoms with Gasteiger partial charge in [0, 0.05) is 23.6 Å². The topological polar surface area (TPSA) is 30.0 Å². The summed E-state index contributed by atoms with van der Waals surface area (Å²) in [6.07, 6.45) is 6.88. The van der Waals surface area contributed by atoms with Gasteiger partial charge in [0.1, 0.15) is 0 Å². The number of carbonyl (C=O) groups is 1. The molecule has 0 saturated carbocycles. The molecule has 0 bridgehead atoms. The Morgan fingerprint density at radius 3 is 2.83 bits per heavy atom. The van der Waals surface area contributed by atoms with E-state index in [1.165, 1.54) is 12.8 Å². The van der Waals surface area contributed by atoms with Crippen molar-refractivity contribution >= 4 is 16.7 Å². The second-order valence-electron chi connectivity index (χ2n) is 4.65. The molecule has 0 fully saturated rings. The van der Waals surface area contributed by atoms with Crippen LogP contribution in [0.4, 0.5) is 0 Å². The first-order valence-electron chi connectivity index (χ1n) is 6.69. The summed E-state index contributed by atoms with van der Waals surface area (Å²) in [5, 5.41) is 1.04. The highest BCUT2D eigenvalue weighted by Gasteiger charge is 2.06. The molecule has 0 aliphatic carbocycles. The van der Waals surface area contributed by atoms with Gasteiger partial charge in [0.05, 0.1) is 5.52 Å². The first-order valence-corrected chi connectivity index (χ1v) is 6.69. The van der Waals surface area contributed by atoms with Gasteiger partial charge >= 0.3 is 0 Å². The molecule has 0 radical (unpaired) electrons. The standard InChI is InChI=1S/C16H19NO/c1-2-3-4-5-10-16(18)14-11-13-8-6-7-9-15(13)17-12-14/h6-9,11-12H,2-5,10H2,1H3. The third-order valence-electron chi connectivity index (χ3n) is 3.17. The van der Waals surface area contributed by atoms with Crippen LogP contribution in [0, 0.1) is 0 Å². The average molecular weight is 241 g/mol. The van der Waals surface area contributed by atoms with Crippen LogP contribution in [-0.4, -0.2) is 10.8 Å². The highest BCUT2D eigenvalue weighted by molar-refractivity contribution is 5.98. The lowest BCUT2D eigenvalue weighted by Crippen LogP contribution is -1.99. The molecule has 2 nitrogen and oxygen atoms in total. The van der Waals surface area contributed by atoms with Crippen molar-refractivity contribution in [2.24, 2.45) is 0 Å². The SMILES string of the molecule is CCCCCCC(=O)c1cnc2ccccc2c1. The minimum absolute atomic E-state index is 0.212. The molecular weight excluding hydrogens is 222 g/mol. The molecule has 94 valence electrons. The van der Waals surface area contributed by atoms with E-state index in [2.05, 4.69) is 11.9 Å². The van der Waals surface area contributed by atoms with Gasteiger partial charge in [-0.15, -0.1) is 0 Å². The molecule has 2 rings (SSSR count). The maximum Gasteiger partial charge on any atom is 0.164 e. The Hall–Kier alpha value is -1.70. The largest absolute Gasteiger partial charge is 0.294 e. The number of rotatable bonds is 6. The Morgan fingerprint density at radius 1 is 1.17 bits per heavy atom. The van der Waals surface area contributed by atoms with Crippen LogP contribution in [0.1, 0.15) is 49.4 Å². The van der Waals surface area contributed by atoms with Crippen LogP contribution in [0.5, 0.6) is 0 Å². The van der Waals surface area contributed by atoms with Crippen molar-refractivity contribution < 1.29 is 4.79 Å². The predicted octanol–water partition coefficient (Wildman–Crippen LogP) is 4.39. The maximum absolute atomic E-state index is 12.0. The number of fused-ring (bicyclic) bond motifs is 1. The first-order chi connectivity index (χ1) is 8.81. The van der Waals surface area contributed by atoms with Gasteiger partial charge < -0.3 is 0 Å². The molecule has 0 N–H and O–H groups in total. The van der Waals surface area contributed by atoms with E-state index in [4.69, 9.17) is 0 Å². The predicted molar refractivity (Wildman–Crippen MR) is 74.8 cm³/mol. The van der Waals surface area contributed by atoms with E-state index in [1.807, 2.05) is 30.3 Å². The van der Waals surface area contributed by atoms with E-state index in [0.717, 1.165) is 29.3 Å². The number of benzene rings is 1. The lowest BCUT2D eigenvalue weighted by atomic mass is 10.0. The minimum atomic E-state index is 0.212. The number of hydrogen-bond donors (Lipinski definition) is 0. The van der Waals surface area contributed by atoms with Crippen LogP contribution in [0.15, 0.2) is 36.5 Å². The zero-order valence-corrected chi connectivity index (χ0v) is 10.9. The summed E-state index contributed by atoms with van der Waals surface area (Å²) in [6, 6.07) is 9.84. The van der Waals surface area contributed by atoms with Crippen LogP contribution in [0.2, 0.25) is 0 Å². The molecule has 0 saturated heterocycles. The summed E-state index contributed by atoms with van der Waals surface area (Å²) in [5.74, 6) is 0.212. The monoisotopic (exact) mass is 241 g/mol. The summed E-state index contributed by atoms with van der Waals surface area (Å²) in [5.41, 5.74) is 1.69. The van der Waals surface area contributed by atoms with Crippen LogP contribution >= 0.6 is 0 Å². The molecule has 0 amide bonds. The van der Waals surface area contributed by atoms with Gasteiger partial charge in [-0.05, 0) is 18.6 Å². The number of nitrogens with zero attached hydrogens (tertiary/aromatic N) is 1. The Balaban J connectivity index is 2.04. The molecular formula is C16H19NO. The highest BCUT2D eigenvalue weighted by atomic mass is 16.1. The van der Waals surface area contributed by atoms with Crippen molar-refractivity contribution in [1.29, 1.82) is 0 Å². The number of pyridine rings is 1. The molecule has 0 unspecified atom stereocenters. The maximum atomic E-state index is 12.0. The normalized spacial score (nSPS) is 10.7. The number of carbonyl (C=O) groups excluding carboxylic acids is 1. The van der Waals surface area contributed by atoms with Crippen LogP contribution < -0.4 is 0 Å². The summed E-state index contributed by atoms with van der Waals surface area (Å²) in [4.78, 5) is 16.3. The summed E-state index contributed by atoms with van der Waals surface area (Å²) >= 11 is 0. The van der Waals surface area contributed by atoms with Gasteiger partial charge in [0.25, 0.3) is 0 Å². The fourth-order valence-electron chi connectivity index (χ4n) is 2.08. The summed E-state index contributed by atoms with van der Waals surface area (Å²) in [6.45, 7) is 2.18. The zero-order chi connectivity index (χ0) is 12.8. The molecule has 18 heavy (non-hydrogen) atoms. The summed E-state index contributed by atoms with van der Waals surface area (Å²) in [7, 11) is 0.